The molecule has 0 bridgehead atoms. The van der Waals surface area contributed by atoms with Crippen LogP contribution in [0.2, 0.25) is 0 Å². The van der Waals surface area contributed by atoms with Crippen molar-refractivity contribution in [3.8, 4) is 5.75 Å². The Labute approximate surface area is 177 Å². The lowest BCUT2D eigenvalue weighted by molar-refractivity contribution is -0.117. The van der Waals surface area contributed by atoms with Crippen molar-refractivity contribution in [3.05, 3.63) is 77.2 Å². The molecule has 3 aromatic rings. The number of H-pyrrole nitrogens is 1. The summed E-state index contributed by atoms with van der Waals surface area (Å²) < 4.78 is 11.4. The first-order valence-electron chi connectivity index (χ1n) is 10.5. The highest BCUT2D eigenvalue weighted by molar-refractivity contribution is 5.96. The molecule has 0 radical (unpaired) electrons. The molecule has 0 spiro atoms. The zero-order chi connectivity index (χ0) is 21.1. The van der Waals surface area contributed by atoms with E-state index in [1.54, 1.807) is 7.11 Å². The van der Waals surface area contributed by atoms with E-state index in [1.165, 1.54) is 0 Å². The Balaban J connectivity index is 1.47. The number of nitrogens with one attached hydrogen (secondary N) is 2. The number of carbonyl (C=O) groups excluding carboxylic acids is 1. The molecular weight excluding hydrogens is 376 g/mol. The molecule has 0 saturated heterocycles. The maximum atomic E-state index is 13.1. The van der Waals surface area contributed by atoms with Crippen LogP contribution in [0.1, 0.15) is 37.3 Å². The van der Waals surface area contributed by atoms with Gasteiger partial charge in [0.2, 0.25) is 0 Å². The molecule has 0 aliphatic carbocycles. The van der Waals surface area contributed by atoms with Crippen LogP contribution in [-0.4, -0.2) is 30.6 Å². The van der Waals surface area contributed by atoms with E-state index >= 15 is 0 Å². The molecule has 2 heterocycles. The molecule has 2 unspecified atom stereocenters. The van der Waals surface area contributed by atoms with E-state index in [-0.39, 0.29) is 17.9 Å². The van der Waals surface area contributed by atoms with Crippen molar-refractivity contribution in [3.63, 3.8) is 0 Å². The van der Waals surface area contributed by atoms with E-state index in [0.29, 0.717) is 6.54 Å². The van der Waals surface area contributed by atoms with Crippen molar-refractivity contribution in [1.29, 1.82) is 0 Å². The number of benzene rings is 2. The third-order valence-corrected chi connectivity index (χ3v) is 5.85. The second-order valence-electron chi connectivity index (χ2n) is 7.65. The molecule has 4 rings (SSSR count). The number of hydrogen-bond donors (Lipinski definition) is 2. The number of allylic oxidation sites excluding steroid dienone is 1. The van der Waals surface area contributed by atoms with Gasteiger partial charge in [0, 0.05) is 23.6 Å². The summed E-state index contributed by atoms with van der Waals surface area (Å²) in [5.74, 6) is 1.47. The predicted octanol–water partition coefficient (Wildman–Crippen LogP) is 4.70. The molecule has 5 nitrogen and oxygen atoms in total. The average molecular weight is 405 g/mol. The number of aromatic nitrogens is 1. The first-order valence-corrected chi connectivity index (χ1v) is 10.5. The Kier molecular flexibility index (Phi) is 5.79. The Morgan fingerprint density at radius 1 is 1.20 bits per heavy atom. The van der Waals surface area contributed by atoms with Gasteiger partial charge in [-0.15, -0.1) is 0 Å². The average Bonchev–Trinajstić information content (AvgIpc) is 3.34. The van der Waals surface area contributed by atoms with Crippen LogP contribution in [0.5, 0.6) is 5.75 Å². The van der Waals surface area contributed by atoms with Crippen molar-refractivity contribution in [2.24, 2.45) is 0 Å². The second-order valence-corrected chi connectivity index (χ2v) is 7.65. The fourth-order valence-electron chi connectivity index (χ4n) is 4.32. The monoisotopic (exact) mass is 404 g/mol. The number of amides is 1. The minimum atomic E-state index is -0.0466. The minimum absolute atomic E-state index is 0.00534. The normalized spacial score (nSPS) is 18.5. The lowest BCUT2D eigenvalue weighted by atomic mass is 9.86. The number of hydrogen-bond acceptors (Lipinski definition) is 3. The van der Waals surface area contributed by atoms with Crippen LogP contribution < -0.4 is 10.1 Å². The Hall–Kier alpha value is -3.21. The first-order chi connectivity index (χ1) is 14.6. The zero-order valence-corrected chi connectivity index (χ0v) is 17.7. The Bertz CT molecular complexity index is 1070. The van der Waals surface area contributed by atoms with Crippen LogP contribution in [0.25, 0.3) is 10.9 Å². The molecule has 2 atom stereocenters. The molecule has 1 aliphatic heterocycles. The van der Waals surface area contributed by atoms with Crippen molar-refractivity contribution >= 4 is 16.8 Å². The maximum Gasteiger partial charge on any atom is 0.251 e. The molecule has 1 aliphatic rings. The maximum absolute atomic E-state index is 13.1. The van der Waals surface area contributed by atoms with Crippen LogP contribution in [0.4, 0.5) is 0 Å². The number of ether oxygens (including phenoxy) is 2. The molecule has 0 saturated carbocycles. The van der Waals surface area contributed by atoms with Crippen molar-refractivity contribution in [2.45, 2.75) is 38.7 Å². The molecule has 2 N–H and O–H groups in total. The molecule has 2 aromatic carbocycles. The van der Waals surface area contributed by atoms with Gasteiger partial charge in [0.15, 0.2) is 0 Å². The number of carbonyl (C=O) groups is 1. The molecule has 5 heteroatoms. The van der Waals surface area contributed by atoms with E-state index in [2.05, 4.69) is 29.4 Å². The van der Waals surface area contributed by atoms with E-state index < -0.39 is 0 Å². The molecule has 156 valence electrons. The van der Waals surface area contributed by atoms with Gasteiger partial charge < -0.3 is 19.8 Å². The van der Waals surface area contributed by atoms with E-state index in [1.807, 2.05) is 49.5 Å². The standard InChI is InChI=1S/C25H28N2O3/c1-4-22-24(17-8-6-5-7-9-17)23(16(2)30-22)25(28)26-13-12-18-15-27-21-11-10-19(29-3)14-20(18)21/h5-11,14-15,22,24,27H,4,12-13H2,1-3H3,(H,26,28). The lowest BCUT2D eigenvalue weighted by Crippen LogP contribution is -2.30. The van der Waals surface area contributed by atoms with Gasteiger partial charge in [-0.25, -0.2) is 0 Å². The van der Waals surface area contributed by atoms with Gasteiger partial charge in [-0.05, 0) is 49.1 Å². The zero-order valence-electron chi connectivity index (χ0n) is 17.7. The smallest absolute Gasteiger partial charge is 0.251 e. The summed E-state index contributed by atoms with van der Waals surface area (Å²) in [5.41, 5.74) is 4.09. The Morgan fingerprint density at radius 3 is 2.73 bits per heavy atom. The van der Waals surface area contributed by atoms with Crippen LogP contribution >= 0.6 is 0 Å². The highest BCUT2D eigenvalue weighted by atomic mass is 16.5. The summed E-state index contributed by atoms with van der Waals surface area (Å²) in [6.07, 6.45) is 3.58. The summed E-state index contributed by atoms with van der Waals surface area (Å²) in [7, 11) is 1.67. The van der Waals surface area contributed by atoms with Gasteiger partial charge in [0.05, 0.1) is 18.6 Å². The van der Waals surface area contributed by atoms with Gasteiger partial charge in [-0.2, -0.15) is 0 Å². The van der Waals surface area contributed by atoms with E-state index in [9.17, 15) is 4.79 Å². The van der Waals surface area contributed by atoms with Crippen LogP contribution in [0, 0.1) is 0 Å². The second kappa shape index (κ2) is 8.66. The molecule has 1 amide bonds. The van der Waals surface area contributed by atoms with Gasteiger partial charge >= 0.3 is 0 Å². The molecule has 0 fully saturated rings. The predicted molar refractivity (Wildman–Crippen MR) is 119 cm³/mol. The van der Waals surface area contributed by atoms with Gasteiger partial charge in [0.25, 0.3) is 5.91 Å². The lowest BCUT2D eigenvalue weighted by Gasteiger charge is -2.20. The third kappa shape index (κ3) is 3.80. The number of methoxy groups -OCH3 is 1. The Morgan fingerprint density at radius 2 is 2.00 bits per heavy atom. The first kappa shape index (κ1) is 20.1. The van der Waals surface area contributed by atoms with E-state index in [4.69, 9.17) is 9.47 Å². The number of rotatable bonds is 7. The van der Waals surface area contributed by atoms with Crippen molar-refractivity contribution in [2.75, 3.05) is 13.7 Å². The van der Waals surface area contributed by atoms with Gasteiger partial charge in [-0.3, -0.25) is 4.79 Å². The highest BCUT2D eigenvalue weighted by Gasteiger charge is 2.38. The van der Waals surface area contributed by atoms with Crippen molar-refractivity contribution < 1.29 is 14.3 Å². The van der Waals surface area contributed by atoms with Gasteiger partial charge in [0.1, 0.15) is 17.6 Å². The largest absolute Gasteiger partial charge is 0.497 e. The molecule has 30 heavy (non-hydrogen) atoms. The van der Waals surface area contributed by atoms with E-state index in [0.717, 1.165) is 52.0 Å². The SMILES string of the molecule is CCC1OC(C)=C(C(=O)NCCc2c[nH]c3ccc(OC)cc23)C1c1ccccc1. The summed E-state index contributed by atoms with van der Waals surface area (Å²) in [6.45, 7) is 4.55. The third-order valence-electron chi connectivity index (χ3n) is 5.85. The number of fused-ring (bicyclic) bond motifs is 1. The quantitative estimate of drug-likeness (QED) is 0.600. The van der Waals surface area contributed by atoms with Crippen LogP contribution in [-0.2, 0) is 16.0 Å². The fourth-order valence-corrected chi connectivity index (χ4v) is 4.32. The fraction of sp³-hybridized carbons (Fsp3) is 0.320. The summed E-state index contributed by atoms with van der Waals surface area (Å²) in [4.78, 5) is 16.4. The van der Waals surface area contributed by atoms with Gasteiger partial charge in [-0.1, -0.05) is 37.3 Å². The highest BCUT2D eigenvalue weighted by Crippen LogP contribution is 2.40. The molecule has 1 aromatic heterocycles. The molecular formula is C25H28N2O3. The number of aromatic amines is 1. The van der Waals surface area contributed by atoms with Crippen molar-refractivity contribution in [1.82, 2.24) is 10.3 Å². The summed E-state index contributed by atoms with van der Waals surface area (Å²) in [6, 6.07) is 16.1. The summed E-state index contributed by atoms with van der Waals surface area (Å²) in [5, 5.41) is 4.23. The topological polar surface area (TPSA) is 63.3 Å². The minimum Gasteiger partial charge on any atom is -0.497 e. The van der Waals surface area contributed by atoms with Crippen LogP contribution in [0.3, 0.4) is 0 Å². The summed E-state index contributed by atoms with van der Waals surface area (Å²) >= 11 is 0. The van der Waals surface area contributed by atoms with Crippen LogP contribution in [0.15, 0.2) is 66.1 Å².